The molecule has 2 N–H and O–H groups in total. The van der Waals surface area contributed by atoms with Crippen LogP contribution in [0, 0.1) is 6.92 Å². The molecule has 0 aliphatic carbocycles. The zero-order valence-electron chi connectivity index (χ0n) is 22.7. The van der Waals surface area contributed by atoms with Crippen LogP contribution >= 0.6 is 7.60 Å². The van der Waals surface area contributed by atoms with Gasteiger partial charge in [0.1, 0.15) is 0 Å². The molecule has 0 saturated carbocycles. The van der Waals surface area contributed by atoms with Gasteiger partial charge in [0, 0.05) is 16.7 Å². The number of benzene rings is 1. The van der Waals surface area contributed by atoms with Crippen molar-refractivity contribution >= 4 is 41.3 Å². The van der Waals surface area contributed by atoms with Crippen LogP contribution in [0.4, 0.5) is 0 Å². The molecular weight excluding hydrogens is 539 g/mol. The summed E-state index contributed by atoms with van der Waals surface area (Å²) in [6, 6.07) is 1.48. The highest BCUT2D eigenvalue weighted by molar-refractivity contribution is 7.60. The van der Waals surface area contributed by atoms with E-state index in [2.05, 4.69) is 4.99 Å². The van der Waals surface area contributed by atoms with Crippen molar-refractivity contribution in [3.05, 3.63) is 107 Å². The van der Waals surface area contributed by atoms with E-state index in [-0.39, 0.29) is 5.30 Å². The lowest BCUT2D eigenvalue weighted by atomic mass is 9.98. The van der Waals surface area contributed by atoms with Gasteiger partial charge in [-0.3, -0.25) is 4.57 Å². The van der Waals surface area contributed by atoms with Gasteiger partial charge in [0.15, 0.2) is 11.5 Å². The Morgan fingerprint density at radius 2 is 1.20 bits per heavy atom. The highest BCUT2D eigenvalue weighted by atomic mass is 31.2. The molecule has 0 radical (unpaired) electrons. The number of hydrogen-bond donors (Lipinski definition) is 2. The van der Waals surface area contributed by atoms with Gasteiger partial charge in [0.25, 0.3) is 0 Å². The maximum absolute atomic E-state index is 12.6. The van der Waals surface area contributed by atoms with Crippen molar-refractivity contribution in [3.8, 4) is 11.5 Å². The Labute approximate surface area is 237 Å². The fourth-order valence-corrected chi connectivity index (χ4v) is 5.78. The van der Waals surface area contributed by atoms with Crippen LogP contribution in [0.1, 0.15) is 25.0 Å². The molecule has 0 saturated heterocycles. The van der Waals surface area contributed by atoms with E-state index in [0.29, 0.717) is 64.2 Å². The minimum atomic E-state index is -4.65. The van der Waals surface area contributed by atoms with Crippen molar-refractivity contribution in [2.24, 2.45) is 20.0 Å². The normalized spacial score (nSPS) is 18.7. The Kier molecular flexibility index (Phi) is 6.87. The molecule has 41 heavy (non-hydrogen) atoms. The van der Waals surface area contributed by atoms with Crippen molar-refractivity contribution in [2.45, 2.75) is 20.8 Å². The van der Waals surface area contributed by atoms with E-state index >= 15 is 0 Å². The van der Waals surface area contributed by atoms with Gasteiger partial charge in [-0.25, -0.2) is 20.0 Å². The Bertz CT molecular complexity index is 1800. The van der Waals surface area contributed by atoms with Gasteiger partial charge in [-0.15, -0.1) is 0 Å². The maximum atomic E-state index is 12.6. The second-order valence-electron chi connectivity index (χ2n) is 9.58. The minimum Gasteiger partial charge on any atom is -0.490 e. The third kappa shape index (κ3) is 5.35. The van der Waals surface area contributed by atoms with Gasteiger partial charge < -0.3 is 19.3 Å². The fourth-order valence-electron chi connectivity index (χ4n) is 4.94. The molecular formula is C31H27N4O5P. The summed E-state index contributed by atoms with van der Waals surface area (Å²) in [6.07, 6.45) is 20.8. The maximum Gasteiger partial charge on any atom is 0.356 e. The number of aliphatic imine (C=N–C) groups is 4. The topological polar surface area (TPSA) is 125 Å². The number of hydrogen-bond acceptors (Lipinski definition) is 7. The van der Waals surface area contributed by atoms with Gasteiger partial charge in [-0.05, 0) is 93.7 Å². The molecule has 206 valence electrons. The number of rotatable bonds is 6. The first-order valence-electron chi connectivity index (χ1n) is 13.2. The van der Waals surface area contributed by atoms with Crippen LogP contribution in [0.3, 0.4) is 0 Å². The lowest BCUT2D eigenvalue weighted by molar-refractivity contribution is 0.285. The van der Waals surface area contributed by atoms with Crippen LogP contribution in [0.5, 0.6) is 11.5 Å². The molecule has 0 fully saturated rings. The van der Waals surface area contributed by atoms with Crippen LogP contribution in [0.2, 0.25) is 0 Å². The molecule has 10 heteroatoms. The van der Waals surface area contributed by atoms with E-state index in [9.17, 15) is 14.4 Å². The zero-order valence-corrected chi connectivity index (χ0v) is 23.6. The van der Waals surface area contributed by atoms with Gasteiger partial charge in [0.05, 0.1) is 64.2 Å². The molecule has 0 unspecified atom stereocenters. The largest absolute Gasteiger partial charge is 0.490 e. The van der Waals surface area contributed by atoms with E-state index in [4.69, 9.17) is 24.5 Å². The Balaban J connectivity index is 1.57. The fraction of sp³-hybridized carbons (Fsp3) is 0.161. The summed E-state index contributed by atoms with van der Waals surface area (Å²) in [5, 5.41) is -0.127. The zero-order chi connectivity index (χ0) is 28.7. The highest BCUT2D eigenvalue weighted by Gasteiger charge is 2.30. The Morgan fingerprint density at radius 1 is 0.683 bits per heavy atom. The average molecular weight is 567 g/mol. The van der Waals surface area contributed by atoms with Crippen molar-refractivity contribution in [1.29, 1.82) is 0 Å². The monoisotopic (exact) mass is 566 g/mol. The number of nitrogens with zero attached hydrogens (tertiary/aromatic N) is 4. The first-order valence-corrected chi connectivity index (χ1v) is 14.8. The molecule has 9 nitrogen and oxygen atoms in total. The molecule has 8 bridgehead atoms. The van der Waals surface area contributed by atoms with Crippen LogP contribution < -0.4 is 14.8 Å². The third-order valence-electron chi connectivity index (χ3n) is 6.68. The Morgan fingerprint density at radius 3 is 1.73 bits per heavy atom. The van der Waals surface area contributed by atoms with E-state index in [1.165, 1.54) is 6.07 Å². The molecule has 0 atom stereocenters. The molecule has 5 aliphatic rings. The number of allylic oxidation sites excluding steroid dienone is 12. The summed E-state index contributed by atoms with van der Waals surface area (Å²) in [4.78, 5) is 39.4. The van der Waals surface area contributed by atoms with Crippen molar-refractivity contribution < 1.29 is 23.8 Å². The highest BCUT2D eigenvalue weighted by Crippen LogP contribution is 2.46. The second kappa shape index (κ2) is 10.5. The summed E-state index contributed by atoms with van der Waals surface area (Å²) in [6.45, 7) is 5.90. The summed E-state index contributed by atoms with van der Waals surface area (Å²) < 4.78 is 24.5. The SMILES string of the molecule is CCOc1c(C2=CC3=NC2=CC2=NC(=CC4=NC(=CC5=NC(=C3)C=C5)C=C4)C=C2)cc(P(=O)(O)O)c(C)c1OCC. The van der Waals surface area contributed by atoms with Gasteiger partial charge in [0.2, 0.25) is 0 Å². The standard InChI is InChI=1S/C31H27N4O5P/c1-4-39-30-18(3)29(41(36,37)38)17-27(31(30)40-5-2)26-15-25-14-23-9-8-21(33-23)12-19-6-7-20(32-19)13-22-10-11-24(34-22)16-28(26)35-25/h6-17H,4-5H2,1-3H3,(H2,36,37,38). The van der Waals surface area contributed by atoms with E-state index in [0.717, 1.165) is 22.8 Å². The van der Waals surface area contributed by atoms with E-state index < -0.39 is 7.60 Å². The summed E-state index contributed by atoms with van der Waals surface area (Å²) >= 11 is 0. The van der Waals surface area contributed by atoms with Crippen LogP contribution in [0.15, 0.2) is 116 Å². The predicted molar refractivity (Wildman–Crippen MR) is 163 cm³/mol. The minimum absolute atomic E-state index is 0.127. The van der Waals surface area contributed by atoms with Crippen molar-refractivity contribution in [2.75, 3.05) is 13.2 Å². The average Bonchev–Trinajstić information content (AvgIpc) is 3.71. The van der Waals surface area contributed by atoms with Crippen LogP contribution in [-0.2, 0) is 4.57 Å². The smallest absolute Gasteiger partial charge is 0.356 e. The molecule has 5 heterocycles. The number of ether oxygens (including phenoxy) is 2. The van der Waals surface area contributed by atoms with Gasteiger partial charge in [-0.1, -0.05) is 0 Å². The lowest BCUT2D eigenvalue weighted by Crippen LogP contribution is -2.15. The van der Waals surface area contributed by atoms with Crippen LogP contribution in [0.25, 0.3) is 5.57 Å². The molecule has 5 aliphatic heterocycles. The first kappa shape index (κ1) is 26.8. The van der Waals surface area contributed by atoms with E-state index in [1.807, 2.05) is 80.7 Å². The first-order chi connectivity index (χ1) is 19.7. The Hall–Kier alpha value is -4.43. The van der Waals surface area contributed by atoms with Crippen molar-refractivity contribution in [1.82, 2.24) is 0 Å². The molecule has 6 rings (SSSR count). The molecule has 1 aromatic rings. The third-order valence-corrected chi connectivity index (χ3v) is 7.77. The van der Waals surface area contributed by atoms with Gasteiger partial charge >= 0.3 is 7.60 Å². The summed E-state index contributed by atoms with van der Waals surface area (Å²) in [5.41, 5.74) is 7.09. The summed E-state index contributed by atoms with van der Waals surface area (Å²) in [5.74, 6) is 0.693. The quantitative estimate of drug-likeness (QED) is 0.468. The molecule has 1 aromatic carbocycles. The predicted octanol–water partition coefficient (Wildman–Crippen LogP) is 5.02. The lowest BCUT2D eigenvalue weighted by Gasteiger charge is -2.21. The van der Waals surface area contributed by atoms with Crippen molar-refractivity contribution in [3.63, 3.8) is 0 Å². The second-order valence-corrected chi connectivity index (χ2v) is 11.1. The number of fused-ring (bicyclic) bond motifs is 4. The molecule has 0 spiro atoms. The van der Waals surface area contributed by atoms with Gasteiger partial charge in [-0.2, -0.15) is 0 Å². The summed E-state index contributed by atoms with van der Waals surface area (Å²) in [7, 11) is -4.65. The molecule has 0 aromatic heterocycles. The van der Waals surface area contributed by atoms with E-state index in [1.54, 1.807) is 6.92 Å². The van der Waals surface area contributed by atoms with Crippen LogP contribution in [-0.4, -0.2) is 45.8 Å². The molecule has 0 amide bonds.